The molecule has 21 heavy (non-hydrogen) atoms. The van der Waals surface area contributed by atoms with Crippen LogP contribution in [0.15, 0.2) is 32.9 Å². The molecule has 0 saturated carbocycles. The van der Waals surface area contributed by atoms with Gasteiger partial charge in [-0.1, -0.05) is 53.9 Å². The molecule has 1 heterocycles. The maximum absolute atomic E-state index is 12.2. The Hall–Kier alpha value is -1.05. The Morgan fingerprint density at radius 2 is 2.14 bits per heavy atom. The Morgan fingerprint density at radius 3 is 2.86 bits per heavy atom. The van der Waals surface area contributed by atoms with Gasteiger partial charge in [0.25, 0.3) is 0 Å². The van der Waals surface area contributed by atoms with Gasteiger partial charge in [0, 0.05) is 5.69 Å². The van der Waals surface area contributed by atoms with Crippen LogP contribution in [0.25, 0.3) is 0 Å². The van der Waals surface area contributed by atoms with Gasteiger partial charge in [0.15, 0.2) is 8.68 Å². The summed E-state index contributed by atoms with van der Waals surface area (Å²) >= 11 is 4.64. The topological polar surface area (TPSA) is 54.9 Å². The van der Waals surface area contributed by atoms with Crippen LogP contribution in [-0.2, 0) is 4.79 Å². The van der Waals surface area contributed by atoms with Crippen molar-refractivity contribution in [2.75, 3.05) is 11.1 Å². The van der Waals surface area contributed by atoms with E-state index in [2.05, 4.69) is 22.4 Å². The monoisotopic (exact) mass is 339 g/mol. The summed E-state index contributed by atoms with van der Waals surface area (Å²) in [6.45, 7) is 5.96. The molecule has 1 aromatic heterocycles. The van der Waals surface area contributed by atoms with E-state index < -0.39 is 0 Å². The highest BCUT2D eigenvalue weighted by Gasteiger charge is 2.17. The number of carbonyl (C=O) groups is 1. The molecule has 2 rings (SSSR count). The van der Waals surface area contributed by atoms with Crippen molar-refractivity contribution in [3.63, 3.8) is 0 Å². The first-order valence-electron chi connectivity index (χ1n) is 6.59. The first-order valence-corrected chi connectivity index (χ1v) is 9.27. The zero-order valence-electron chi connectivity index (χ0n) is 12.1. The molecule has 0 aliphatic rings. The van der Waals surface area contributed by atoms with Gasteiger partial charge in [0.2, 0.25) is 5.91 Å². The first kappa shape index (κ1) is 16.3. The van der Waals surface area contributed by atoms with E-state index in [1.165, 1.54) is 23.1 Å². The average Bonchev–Trinajstić information content (AvgIpc) is 2.86. The van der Waals surface area contributed by atoms with Crippen molar-refractivity contribution in [3.8, 4) is 0 Å². The third-order valence-electron chi connectivity index (χ3n) is 2.59. The van der Waals surface area contributed by atoms with E-state index in [-0.39, 0.29) is 11.2 Å². The van der Waals surface area contributed by atoms with Crippen LogP contribution in [0.5, 0.6) is 0 Å². The maximum atomic E-state index is 12.2. The van der Waals surface area contributed by atoms with Crippen molar-refractivity contribution in [3.05, 3.63) is 29.8 Å². The van der Waals surface area contributed by atoms with Gasteiger partial charge >= 0.3 is 0 Å². The minimum atomic E-state index is -0.210. The van der Waals surface area contributed by atoms with Gasteiger partial charge in [0.05, 0.1) is 5.25 Å². The number of benzene rings is 1. The molecule has 1 atom stereocenters. The summed E-state index contributed by atoms with van der Waals surface area (Å²) in [7, 11) is 0. The summed E-state index contributed by atoms with van der Waals surface area (Å²) in [6, 6.07) is 7.78. The minimum absolute atomic E-state index is 0.0227. The van der Waals surface area contributed by atoms with E-state index in [0.717, 1.165) is 25.7 Å². The third kappa shape index (κ3) is 5.01. The Labute approximate surface area is 137 Å². The standard InChI is InChI=1S/C14H17N3OS3/c1-4-19-13-16-17-14(21-13)20-10(3)12(18)15-11-7-5-6-9(2)8-11/h5-8,10H,4H2,1-3H3,(H,15,18)/t10-/m0/s1. The second-order valence-corrected chi connectivity index (χ2v) is 8.46. The zero-order valence-corrected chi connectivity index (χ0v) is 14.6. The highest BCUT2D eigenvalue weighted by molar-refractivity contribution is 8.03. The summed E-state index contributed by atoms with van der Waals surface area (Å²) in [5.41, 5.74) is 1.95. The van der Waals surface area contributed by atoms with E-state index in [1.807, 2.05) is 38.1 Å². The molecule has 112 valence electrons. The summed E-state index contributed by atoms with van der Waals surface area (Å²) in [5.74, 6) is 0.952. The number of nitrogens with zero attached hydrogens (tertiary/aromatic N) is 2. The molecule has 0 unspecified atom stereocenters. The summed E-state index contributed by atoms with van der Waals surface area (Å²) in [5, 5.41) is 10.9. The molecule has 1 amide bonds. The van der Waals surface area contributed by atoms with Crippen molar-refractivity contribution in [1.82, 2.24) is 10.2 Å². The van der Waals surface area contributed by atoms with Gasteiger partial charge < -0.3 is 5.32 Å². The number of carbonyl (C=O) groups excluding carboxylic acids is 1. The third-order valence-corrected chi connectivity index (χ3v) is 5.71. The predicted octanol–water partition coefficient (Wildman–Crippen LogP) is 4.08. The molecule has 4 nitrogen and oxygen atoms in total. The van der Waals surface area contributed by atoms with Crippen molar-refractivity contribution in [2.24, 2.45) is 0 Å². The van der Waals surface area contributed by atoms with Crippen molar-refractivity contribution < 1.29 is 4.79 Å². The highest BCUT2D eigenvalue weighted by Crippen LogP contribution is 2.31. The number of hydrogen-bond donors (Lipinski definition) is 1. The Kier molecular flexibility index (Phi) is 6.08. The van der Waals surface area contributed by atoms with Crippen LogP contribution in [0, 0.1) is 6.92 Å². The molecule has 2 aromatic rings. The molecule has 0 fully saturated rings. The number of anilines is 1. The zero-order chi connectivity index (χ0) is 15.2. The van der Waals surface area contributed by atoms with Crippen LogP contribution >= 0.6 is 34.9 Å². The molecule has 0 aliphatic heterocycles. The molecule has 0 saturated heterocycles. The number of aryl methyl sites for hydroxylation is 1. The van der Waals surface area contributed by atoms with Gasteiger partial charge in [-0.25, -0.2) is 0 Å². The van der Waals surface area contributed by atoms with Crippen LogP contribution in [-0.4, -0.2) is 27.1 Å². The molecule has 1 aromatic carbocycles. The number of thioether (sulfide) groups is 2. The molecule has 7 heteroatoms. The maximum Gasteiger partial charge on any atom is 0.237 e. The van der Waals surface area contributed by atoms with Crippen LogP contribution < -0.4 is 5.32 Å². The van der Waals surface area contributed by atoms with Gasteiger partial charge in [0.1, 0.15) is 0 Å². The van der Waals surface area contributed by atoms with Crippen LogP contribution in [0.1, 0.15) is 19.4 Å². The first-order chi connectivity index (χ1) is 10.1. The SMILES string of the molecule is CCSc1nnc(S[C@@H](C)C(=O)Nc2cccc(C)c2)s1. The number of amides is 1. The Balaban J connectivity index is 1.92. The lowest BCUT2D eigenvalue weighted by molar-refractivity contribution is -0.115. The average molecular weight is 340 g/mol. The summed E-state index contributed by atoms with van der Waals surface area (Å²) in [6.07, 6.45) is 0. The normalized spacial score (nSPS) is 12.1. The van der Waals surface area contributed by atoms with Gasteiger partial charge in [-0.2, -0.15) is 0 Å². The lowest BCUT2D eigenvalue weighted by atomic mass is 10.2. The number of hydrogen-bond acceptors (Lipinski definition) is 6. The lowest BCUT2D eigenvalue weighted by Gasteiger charge is -2.10. The van der Waals surface area contributed by atoms with Crippen LogP contribution in [0.2, 0.25) is 0 Å². The fourth-order valence-electron chi connectivity index (χ4n) is 1.60. The minimum Gasteiger partial charge on any atom is -0.325 e. The van der Waals surface area contributed by atoms with Crippen molar-refractivity contribution >= 4 is 46.5 Å². The van der Waals surface area contributed by atoms with Gasteiger partial charge in [-0.15, -0.1) is 10.2 Å². The Morgan fingerprint density at radius 1 is 1.38 bits per heavy atom. The second-order valence-electron chi connectivity index (χ2n) is 4.39. The summed E-state index contributed by atoms with van der Waals surface area (Å²) < 4.78 is 1.78. The fraction of sp³-hybridized carbons (Fsp3) is 0.357. The van der Waals surface area contributed by atoms with Crippen LogP contribution in [0.4, 0.5) is 5.69 Å². The predicted molar refractivity (Wildman–Crippen MR) is 91.4 cm³/mol. The van der Waals surface area contributed by atoms with Crippen molar-refractivity contribution in [1.29, 1.82) is 0 Å². The van der Waals surface area contributed by atoms with E-state index in [0.29, 0.717) is 0 Å². The smallest absolute Gasteiger partial charge is 0.237 e. The second kappa shape index (κ2) is 7.82. The van der Waals surface area contributed by atoms with E-state index in [9.17, 15) is 4.79 Å². The lowest BCUT2D eigenvalue weighted by Crippen LogP contribution is -2.22. The fourth-order valence-corrected chi connectivity index (χ4v) is 4.66. The van der Waals surface area contributed by atoms with E-state index in [4.69, 9.17) is 0 Å². The van der Waals surface area contributed by atoms with E-state index >= 15 is 0 Å². The molecular formula is C14H17N3OS3. The molecule has 0 bridgehead atoms. The number of aromatic nitrogens is 2. The molecule has 0 spiro atoms. The quantitative estimate of drug-likeness (QED) is 0.804. The number of rotatable bonds is 6. The highest BCUT2D eigenvalue weighted by atomic mass is 32.2. The molecular weight excluding hydrogens is 322 g/mol. The van der Waals surface area contributed by atoms with Gasteiger partial charge in [-0.3, -0.25) is 4.79 Å². The molecule has 0 aliphatic carbocycles. The number of nitrogens with one attached hydrogen (secondary N) is 1. The van der Waals surface area contributed by atoms with Crippen LogP contribution in [0.3, 0.4) is 0 Å². The van der Waals surface area contributed by atoms with Crippen molar-refractivity contribution in [2.45, 2.75) is 34.7 Å². The van der Waals surface area contributed by atoms with E-state index in [1.54, 1.807) is 11.8 Å². The molecule has 1 N–H and O–H groups in total. The molecule has 0 radical (unpaired) electrons. The largest absolute Gasteiger partial charge is 0.325 e. The van der Waals surface area contributed by atoms with Gasteiger partial charge in [-0.05, 0) is 37.3 Å². The Bertz CT molecular complexity index is 615. The summed E-state index contributed by atoms with van der Waals surface area (Å²) in [4.78, 5) is 12.2.